The molecular weight excluding hydrogens is 144 g/mol. The molecule has 2 aromatic heterocycles. The summed E-state index contributed by atoms with van der Waals surface area (Å²) in [7, 11) is 1.75. The van der Waals surface area contributed by atoms with Gasteiger partial charge in [-0.2, -0.15) is 5.10 Å². The fraction of sp³-hybridized carbons (Fsp3) is 0.167. The van der Waals surface area contributed by atoms with Crippen molar-refractivity contribution in [2.24, 2.45) is 7.05 Å². The Kier molecular flexibility index (Phi) is 1.06. The zero-order chi connectivity index (χ0) is 7.84. The SMILES string of the molecule is Cn1ncc2ncc(=O)[nH]c21. The summed E-state index contributed by atoms with van der Waals surface area (Å²) in [5.74, 6) is 0. The van der Waals surface area contributed by atoms with Crippen molar-refractivity contribution in [1.29, 1.82) is 0 Å². The van der Waals surface area contributed by atoms with Crippen LogP contribution in [0, 0.1) is 0 Å². The monoisotopic (exact) mass is 150 g/mol. The highest BCUT2D eigenvalue weighted by atomic mass is 16.1. The van der Waals surface area contributed by atoms with Gasteiger partial charge in [0.15, 0.2) is 5.65 Å². The number of rotatable bonds is 0. The lowest BCUT2D eigenvalue weighted by Gasteiger charge is -1.89. The molecule has 0 saturated heterocycles. The van der Waals surface area contributed by atoms with Gasteiger partial charge in [0, 0.05) is 7.05 Å². The lowest BCUT2D eigenvalue weighted by Crippen LogP contribution is -2.06. The van der Waals surface area contributed by atoms with Crippen LogP contribution >= 0.6 is 0 Å². The topological polar surface area (TPSA) is 63.6 Å². The summed E-state index contributed by atoms with van der Waals surface area (Å²) in [6, 6.07) is 0. The van der Waals surface area contributed by atoms with Crippen LogP contribution in [0.4, 0.5) is 0 Å². The fourth-order valence-corrected chi connectivity index (χ4v) is 0.942. The Hall–Kier alpha value is -1.65. The number of aromatic nitrogens is 4. The molecule has 0 atom stereocenters. The third-order valence-corrected chi connectivity index (χ3v) is 1.48. The van der Waals surface area contributed by atoms with Crippen LogP contribution in [0.3, 0.4) is 0 Å². The van der Waals surface area contributed by atoms with E-state index in [-0.39, 0.29) is 5.56 Å². The molecular formula is C6H6N4O. The Morgan fingerprint density at radius 2 is 2.36 bits per heavy atom. The van der Waals surface area contributed by atoms with Crippen LogP contribution in [-0.2, 0) is 7.05 Å². The molecule has 56 valence electrons. The molecule has 5 heteroatoms. The maximum Gasteiger partial charge on any atom is 0.268 e. The molecule has 2 aromatic rings. The fourth-order valence-electron chi connectivity index (χ4n) is 0.942. The van der Waals surface area contributed by atoms with Gasteiger partial charge in [0.2, 0.25) is 0 Å². The minimum Gasteiger partial charge on any atom is -0.304 e. The first-order valence-corrected chi connectivity index (χ1v) is 3.14. The summed E-state index contributed by atoms with van der Waals surface area (Å²) in [4.78, 5) is 17.3. The molecule has 0 saturated carbocycles. The number of H-pyrrole nitrogens is 1. The molecule has 0 spiro atoms. The predicted octanol–water partition coefficient (Wildman–Crippen LogP) is -0.343. The van der Waals surface area contributed by atoms with Crippen molar-refractivity contribution >= 4 is 11.2 Å². The van der Waals surface area contributed by atoms with Crippen molar-refractivity contribution in [3.63, 3.8) is 0 Å². The minimum absolute atomic E-state index is 0.207. The average Bonchev–Trinajstić information content (AvgIpc) is 2.33. The van der Waals surface area contributed by atoms with E-state index >= 15 is 0 Å². The summed E-state index contributed by atoms with van der Waals surface area (Å²) in [5, 5.41) is 3.92. The van der Waals surface area contributed by atoms with Crippen LogP contribution in [-0.4, -0.2) is 19.7 Å². The summed E-state index contributed by atoms with van der Waals surface area (Å²) in [5.41, 5.74) is 1.14. The van der Waals surface area contributed by atoms with Crippen molar-refractivity contribution in [1.82, 2.24) is 19.7 Å². The summed E-state index contributed by atoms with van der Waals surface area (Å²) in [6.45, 7) is 0. The van der Waals surface area contributed by atoms with E-state index in [1.807, 2.05) is 0 Å². The van der Waals surface area contributed by atoms with Gasteiger partial charge in [-0.3, -0.25) is 9.48 Å². The maximum atomic E-state index is 10.8. The maximum absolute atomic E-state index is 10.8. The lowest BCUT2D eigenvalue weighted by molar-refractivity contribution is 0.784. The quantitative estimate of drug-likeness (QED) is 0.558. The average molecular weight is 150 g/mol. The van der Waals surface area contributed by atoms with Gasteiger partial charge in [0.1, 0.15) is 5.52 Å². The minimum atomic E-state index is -0.207. The van der Waals surface area contributed by atoms with Crippen molar-refractivity contribution in [2.75, 3.05) is 0 Å². The first-order valence-electron chi connectivity index (χ1n) is 3.14. The zero-order valence-electron chi connectivity index (χ0n) is 5.90. The van der Waals surface area contributed by atoms with Crippen LogP contribution in [0.1, 0.15) is 0 Å². The van der Waals surface area contributed by atoms with Gasteiger partial charge in [0.25, 0.3) is 5.56 Å². The van der Waals surface area contributed by atoms with Crippen LogP contribution in [0.25, 0.3) is 11.2 Å². The molecule has 0 bridgehead atoms. The first-order chi connectivity index (χ1) is 5.27. The molecule has 0 amide bonds. The van der Waals surface area contributed by atoms with Crippen molar-refractivity contribution in [3.05, 3.63) is 22.7 Å². The van der Waals surface area contributed by atoms with Gasteiger partial charge in [-0.05, 0) is 0 Å². The summed E-state index contributed by atoms with van der Waals surface area (Å²) >= 11 is 0. The van der Waals surface area contributed by atoms with Gasteiger partial charge in [-0.25, -0.2) is 4.98 Å². The van der Waals surface area contributed by atoms with Crippen LogP contribution in [0.2, 0.25) is 0 Å². The third kappa shape index (κ3) is 0.813. The van der Waals surface area contributed by atoms with Crippen LogP contribution in [0.15, 0.2) is 17.2 Å². The second-order valence-electron chi connectivity index (χ2n) is 2.25. The van der Waals surface area contributed by atoms with E-state index in [1.165, 1.54) is 6.20 Å². The van der Waals surface area contributed by atoms with E-state index in [0.717, 1.165) is 0 Å². The van der Waals surface area contributed by atoms with Crippen molar-refractivity contribution in [3.8, 4) is 0 Å². The van der Waals surface area contributed by atoms with Gasteiger partial charge in [-0.15, -0.1) is 0 Å². The third-order valence-electron chi connectivity index (χ3n) is 1.48. The molecule has 2 heterocycles. The lowest BCUT2D eigenvalue weighted by atomic mass is 10.5. The molecule has 0 unspecified atom stereocenters. The van der Waals surface area contributed by atoms with Gasteiger partial charge in [-0.1, -0.05) is 0 Å². The van der Waals surface area contributed by atoms with E-state index in [0.29, 0.717) is 11.2 Å². The number of fused-ring (bicyclic) bond motifs is 1. The molecule has 0 radical (unpaired) electrons. The van der Waals surface area contributed by atoms with E-state index < -0.39 is 0 Å². The number of hydrogen-bond donors (Lipinski definition) is 1. The Balaban J connectivity index is 2.98. The largest absolute Gasteiger partial charge is 0.304 e. The normalized spacial score (nSPS) is 10.6. The summed E-state index contributed by atoms with van der Waals surface area (Å²) in [6.07, 6.45) is 2.84. The van der Waals surface area contributed by atoms with Crippen molar-refractivity contribution < 1.29 is 0 Å². The number of hydrogen-bond acceptors (Lipinski definition) is 3. The van der Waals surface area contributed by atoms with Crippen LogP contribution in [0.5, 0.6) is 0 Å². The second kappa shape index (κ2) is 1.91. The molecule has 0 aliphatic rings. The van der Waals surface area contributed by atoms with Gasteiger partial charge >= 0.3 is 0 Å². The Labute approximate surface area is 61.7 Å². The van der Waals surface area contributed by atoms with E-state index in [9.17, 15) is 4.79 Å². The van der Waals surface area contributed by atoms with Gasteiger partial charge in [0.05, 0.1) is 12.4 Å². The standard InChI is InChI=1S/C6H6N4O/c1-10-6-4(2-8-10)7-3-5(11)9-6/h2-3H,1H3,(H,9,11). The first kappa shape index (κ1) is 6.09. The molecule has 0 aliphatic heterocycles. The Morgan fingerprint density at radius 3 is 3.18 bits per heavy atom. The molecule has 5 nitrogen and oxygen atoms in total. The highest BCUT2D eigenvalue weighted by molar-refractivity contribution is 5.68. The molecule has 1 N–H and O–H groups in total. The number of nitrogens with one attached hydrogen (secondary N) is 1. The zero-order valence-corrected chi connectivity index (χ0v) is 5.90. The van der Waals surface area contributed by atoms with E-state index in [4.69, 9.17) is 0 Å². The molecule has 0 aromatic carbocycles. The second-order valence-corrected chi connectivity index (χ2v) is 2.25. The van der Waals surface area contributed by atoms with Crippen LogP contribution < -0.4 is 5.56 Å². The Morgan fingerprint density at radius 1 is 1.55 bits per heavy atom. The molecule has 11 heavy (non-hydrogen) atoms. The van der Waals surface area contributed by atoms with E-state index in [1.54, 1.807) is 17.9 Å². The smallest absolute Gasteiger partial charge is 0.268 e. The molecule has 2 rings (SSSR count). The van der Waals surface area contributed by atoms with E-state index in [2.05, 4.69) is 15.1 Å². The highest BCUT2D eigenvalue weighted by Crippen LogP contribution is 2.01. The number of nitrogens with zero attached hydrogens (tertiary/aromatic N) is 3. The number of aromatic amines is 1. The highest BCUT2D eigenvalue weighted by Gasteiger charge is 1.98. The Bertz CT molecular complexity index is 441. The molecule has 0 fully saturated rings. The predicted molar refractivity (Wildman–Crippen MR) is 39.1 cm³/mol. The summed E-state index contributed by atoms with van der Waals surface area (Å²) < 4.78 is 1.57. The molecule has 0 aliphatic carbocycles. The van der Waals surface area contributed by atoms with Gasteiger partial charge < -0.3 is 4.98 Å². The number of aryl methyl sites for hydroxylation is 1. The van der Waals surface area contributed by atoms with Crippen molar-refractivity contribution in [2.45, 2.75) is 0 Å².